The van der Waals surface area contributed by atoms with Crippen molar-refractivity contribution in [2.75, 3.05) is 39.2 Å². The molecule has 236 valence electrons. The summed E-state index contributed by atoms with van der Waals surface area (Å²) in [6.45, 7) is 4.28. The van der Waals surface area contributed by atoms with Gasteiger partial charge in [0.15, 0.2) is 11.5 Å². The molecular formula is C33H33F4N5O3. The molecule has 3 fully saturated rings. The molecule has 45 heavy (non-hydrogen) atoms. The average Bonchev–Trinajstić information content (AvgIpc) is 3.01. The quantitative estimate of drug-likeness (QED) is 0.232. The van der Waals surface area contributed by atoms with Crippen molar-refractivity contribution >= 4 is 22.5 Å². The van der Waals surface area contributed by atoms with Crippen molar-refractivity contribution < 1.29 is 31.8 Å². The number of nitrogens with one attached hydrogen (secondary N) is 1. The molecule has 7 rings (SSSR count). The number of aromatic nitrogens is 2. The topological polar surface area (TPSA) is 79.8 Å². The fraction of sp³-hybridized carbons (Fsp3) is 0.364. The van der Waals surface area contributed by atoms with Gasteiger partial charge in [-0.05, 0) is 54.4 Å². The van der Waals surface area contributed by atoms with E-state index in [9.17, 15) is 18.0 Å². The number of rotatable bonds is 9. The number of halogens is 4. The van der Waals surface area contributed by atoms with Crippen LogP contribution < -0.4 is 14.8 Å². The Morgan fingerprint density at radius 2 is 1.73 bits per heavy atom. The number of piperazine rings is 1. The predicted molar refractivity (Wildman–Crippen MR) is 162 cm³/mol. The van der Waals surface area contributed by atoms with Crippen LogP contribution >= 0.6 is 0 Å². The number of methoxy groups -OCH3 is 2. The number of pyridine rings is 2. The van der Waals surface area contributed by atoms with Gasteiger partial charge in [0.1, 0.15) is 5.82 Å². The van der Waals surface area contributed by atoms with Crippen LogP contribution in [0.5, 0.6) is 11.5 Å². The maximum absolute atomic E-state index is 15.1. The van der Waals surface area contributed by atoms with E-state index >= 15 is 4.39 Å². The Labute approximate surface area is 258 Å². The lowest BCUT2D eigenvalue weighted by molar-refractivity contribution is -0.138. The second-order valence-corrected chi connectivity index (χ2v) is 11.5. The molecule has 2 unspecified atom stereocenters. The number of alkyl halides is 3. The van der Waals surface area contributed by atoms with Gasteiger partial charge in [-0.25, -0.2) is 4.39 Å². The number of carbonyl (C=O) groups is 1. The normalized spacial score (nSPS) is 18.5. The molecule has 3 saturated heterocycles. The number of benzene rings is 2. The first-order chi connectivity index (χ1) is 21.6. The van der Waals surface area contributed by atoms with Crippen LogP contribution in [0.3, 0.4) is 0 Å². The SMILES string of the molecule is CCN1C2CC1CN(Cc1cc(F)c(NC(=O)Cc3ccc(-c4cnc5cc(OC)c(OC)cc5c4)nc3)cc1C(F)(F)F)C2. The van der Waals surface area contributed by atoms with Crippen molar-refractivity contribution in [3.63, 3.8) is 0 Å². The summed E-state index contributed by atoms with van der Waals surface area (Å²) in [7, 11) is 3.10. The van der Waals surface area contributed by atoms with E-state index in [4.69, 9.17) is 9.47 Å². The molecule has 8 nitrogen and oxygen atoms in total. The van der Waals surface area contributed by atoms with Gasteiger partial charge in [0.2, 0.25) is 5.91 Å². The molecule has 1 N–H and O–H groups in total. The van der Waals surface area contributed by atoms with E-state index in [0.29, 0.717) is 59.5 Å². The summed E-state index contributed by atoms with van der Waals surface area (Å²) in [6.07, 6.45) is -0.697. The molecule has 2 bridgehead atoms. The minimum absolute atomic E-state index is 0.00295. The van der Waals surface area contributed by atoms with Crippen LogP contribution in [0.4, 0.5) is 23.2 Å². The summed E-state index contributed by atoms with van der Waals surface area (Å²) in [5.41, 5.74) is 0.970. The Morgan fingerprint density at radius 3 is 2.38 bits per heavy atom. The summed E-state index contributed by atoms with van der Waals surface area (Å²) in [6, 6.07) is 11.1. The van der Waals surface area contributed by atoms with E-state index in [1.807, 2.05) is 17.0 Å². The minimum atomic E-state index is -4.70. The average molecular weight is 624 g/mol. The van der Waals surface area contributed by atoms with Gasteiger partial charge < -0.3 is 14.8 Å². The minimum Gasteiger partial charge on any atom is -0.493 e. The van der Waals surface area contributed by atoms with Crippen LogP contribution in [0.15, 0.2) is 54.9 Å². The number of amides is 1. The summed E-state index contributed by atoms with van der Waals surface area (Å²) in [5.74, 6) is -0.439. The number of nitrogens with zero attached hydrogens (tertiary/aromatic N) is 4. The number of carbonyl (C=O) groups excluding carboxylic acids is 1. The van der Waals surface area contributed by atoms with E-state index in [-0.39, 0.29) is 18.5 Å². The lowest BCUT2D eigenvalue weighted by Gasteiger charge is -2.56. The van der Waals surface area contributed by atoms with Gasteiger partial charge in [-0.1, -0.05) is 13.0 Å². The van der Waals surface area contributed by atoms with Crippen molar-refractivity contribution in [3.05, 3.63) is 77.4 Å². The van der Waals surface area contributed by atoms with Crippen LogP contribution in [0.1, 0.15) is 30.0 Å². The molecule has 0 radical (unpaired) electrons. The predicted octanol–water partition coefficient (Wildman–Crippen LogP) is 5.93. The van der Waals surface area contributed by atoms with Crippen LogP contribution in [-0.2, 0) is 23.9 Å². The monoisotopic (exact) mass is 623 g/mol. The highest BCUT2D eigenvalue weighted by Crippen LogP contribution is 2.38. The highest BCUT2D eigenvalue weighted by molar-refractivity contribution is 5.92. The number of hydrogen-bond acceptors (Lipinski definition) is 7. The van der Waals surface area contributed by atoms with E-state index in [1.165, 1.54) is 6.20 Å². The lowest BCUT2D eigenvalue weighted by Crippen LogP contribution is -2.68. The highest BCUT2D eigenvalue weighted by atomic mass is 19.4. The van der Waals surface area contributed by atoms with Gasteiger partial charge in [0.05, 0.1) is 43.1 Å². The molecule has 5 heterocycles. The molecule has 2 aromatic heterocycles. The van der Waals surface area contributed by atoms with Gasteiger partial charge in [-0.15, -0.1) is 0 Å². The number of fused-ring (bicyclic) bond motifs is 3. The second-order valence-electron chi connectivity index (χ2n) is 11.5. The fourth-order valence-electron chi connectivity index (χ4n) is 6.44. The van der Waals surface area contributed by atoms with E-state index in [2.05, 4.69) is 27.1 Å². The molecule has 2 aromatic carbocycles. The first kappa shape index (κ1) is 30.7. The number of ether oxygens (including phenoxy) is 2. The Morgan fingerprint density at radius 1 is 1.00 bits per heavy atom. The zero-order valence-corrected chi connectivity index (χ0v) is 25.1. The molecule has 0 aliphatic carbocycles. The molecule has 2 atom stereocenters. The van der Waals surface area contributed by atoms with Gasteiger partial charge >= 0.3 is 6.18 Å². The number of hydrogen-bond donors (Lipinski definition) is 1. The van der Waals surface area contributed by atoms with Crippen molar-refractivity contribution in [1.29, 1.82) is 0 Å². The third kappa shape index (κ3) is 6.30. The third-order valence-electron chi connectivity index (χ3n) is 8.62. The summed E-state index contributed by atoms with van der Waals surface area (Å²) in [4.78, 5) is 26.0. The van der Waals surface area contributed by atoms with Crippen LogP contribution in [0.2, 0.25) is 0 Å². The lowest BCUT2D eigenvalue weighted by atomic mass is 9.87. The largest absolute Gasteiger partial charge is 0.493 e. The number of likely N-dealkylation sites (N-methyl/N-ethyl adjacent to an activating group) is 1. The molecule has 1 amide bonds. The Balaban J connectivity index is 1.14. The maximum atomic E-state index is 15.1. The van der Waals surface area contributed by atoms with Crippen molar-refractivity contribution in [3.8, 4) is 22.8 Å². The molecule has 3 aliphatic rings. The van der Waals surface area contributed by atoms with Gasteiger partial charge in [0.25, 0.3) is 0 Å². The molecule has 12 heteroatoms. The van der Waals surface area contributed by atoms with Gasteiger partial charge in [-0.3, -0.25) is 24.6 Å². The summed E-state index contributed by atoms with van der Waals surface area (Å²) < 4.78 is 67.9. The standard InChI is InChI=1S/C33H33F4N5O3/c1-4-42-23-11-24(42)18-41(17-23)16-22-9-26(34)29(12-25(22)33(35,36)37)40-32(43)7-19-5-6-27(38-14-19)21-8-20-10-30(44-2)31(45-3)13-28(20)39-15-21/h5-6,8-10,12-15,23-24H,4,7,11,16-18H2,1-3H3,(H,40,43). The van der Waals surface area contributed by atoms with Crippen molar-refractivity contribution in [2.24, 2.45) is 0 Å². The summed E-state index contributed by atoms with van der Waals surface area (Å²) in [5, 5.41) is 3.14. The second kappa shape index (κ2) is 12.2. The van der Waals surface area contributed by atoms with Crippen LogP contribution in [0, 0.1) is 5.82 Å². The first-order valence-electron chi connectivity index (χ1n) is 14.7. The molecule has 0 saturated carbocycles. The smallest absolute Gasteiger partial charge is 0.416 e. The number of piperidine rings is 1. The van der Waals surface area contributed by atoms with Crippen molar-refractivity contribution in [2.45, 2.75) is 44.6 Å². The zero-order valence-electron chi connectivity index (χ0n) is 25.1. The van der Waals surface area contributed by atoms with E-state index < -0.39 is 29.2 Å². The number of anilines is 1. The fourth-order valence-corrected chi connectivity index (χ4v) is 6.44. The summed E-state index contributed by atoms with van der Waals surface area (Å²) >= 11 is 0. The highest BCUT2D eigenvalue weighted by Gasteiger charge is 2.44. The third-order valence-corrected chi connectivity index (χ3v) is 8.62. The Bertz CT molecular complexity index is 1720. The zero-order chi connectivity index (χ0) is 31.9. The molecule has 4 aromatic rings. The van der Waals surface area contributed by atoms with Crippen LogP contribution in [-0.4, -0.2) is 71.6 Å². The Hall–Kier alpha value is -4.29. The maximum Gasteiger partial charge on any atom is 0.416 e. The van der Waals surface area contributed by atoms with Crippen molar-refractivity contribution in [1.82, 2.24) is 19.8 Å². The Kier molecular flexibility index (Phi) is 8.36. The molecule has 0 spiro atoms. The van der Waals surface area contributed by atoms with Gasteiger partial charge in [-0.2, -0.15) is 13.2 Å². The molecule has 3 aliphatic heterocycles. The van der Waals surface area contributed by atoms with E-state index in [1.54, 1.807) is 38.6 Å². The van der Waals surface area contributed by atoms with Gasteiger partial charge in [0, 0.05) is 61.1 Å². The molecular weight excluding hydrogens is 590 g/mol. The first-order valence-corrected chi connectivity index (χ1v) is 14.7. The van der Waals surface area contributed by atoms with Crippen LogP contribution in [0.25, 0.3) is 22.2 Å². The van der Waals surface area contributed by atoms with E-state index in [0.717, 1.165) is 30.0 Å².